The van der Waals surface area contributed by atoms with Crippen molar-refractivity contribution in [1.82, 2.24) is 10.3 Å². The first-order valence-corrected chi connectivity index (χ1v) is 13.0. The van der Waals surface area contributed by atoms with Crippen LogP contribution in [0.4, 0.5) is 0 Å². The fraction of sp³-hybridized carbons (Fsp3) is 0.290. The number of fused-ring (bicyclic) bond motifs is 3. The van der Waals surface area contributed by atoms with Gasteiger partial charge in [-0.25, -0.2) is 4.79 Å². The molecule has 0 spiro atoms. The van der Waals surface area contributed by atoms with Gasteiger partial charge in [0.15, 0.2) is 0 Å². The molecule has 2 atom stereocenters. The molecule has 8 heteroatoms. The Balaban J connectivity index is 1.43. The Kier molecular flexibility index (Phi) is 7.95. The van der Waals surface area contributed by atoms with Crippen LogP contribution in [0.25, 0.3) is 10.9 Å². The van der Waals surface area contributed by atoms with Crippen molar-refractivity contribution in [2.24, 2.45) is 0 Å². The molecule has 0 saturated carbocycles. The third-order valence-corrected chi connectivity index (χ3v) is 7.06. The van der Waals surface area contributed by atoms with Crippen LogP contribution >= 0.6 is 0 Å². The molecule has 2 heterocycles. The Hall–Kier alpha value is -4.14. The van der Waals surface area contributed by atoms with Crippen molar-refractivity contribution < 1.29 is 28.5 Å². The van der Waals surface area contributed by atoms with Crippen LogP contribution in [0.1, 0.15) is 51.3 Å². The van der Waals surface area contributed by atoms with Crippen molar-refractivity contribution in [3.63, 3.8) is 0 Å². The minimum atomic E-state index is -0.479. The average Bonchev–Trinajstić information content (AvgIpc) is 3.35. The summed E-state index contributed by atoms with van der Waals surface area (Å²) in [4.78, 5) is 28.5. The van der Waals surface area contributed by atoms with E-state index in [4.69, 9.17) is 18.9 Å². The first-order chi connectivity index (χ1) is 19.0. The molecule has 1 aromatic heterocycles. The van der Waals surface area contributed by atoms with Gasteiger partial charge in [0, 0.05) is 28.6 Å². The fourth-order valence-electron chi connectivity index (χ4n) is 5.21. The molecule has 8 nitrogen and oxygen atoms in total. The van der Waals surface area contributed by atoms with Gasteiger partial charge in [-0.2, -0.15) is 0 Å². The van der Waals surface area contributed by atoms with Gasteiger partial charge >= 0.3 is 11.9 Å². The quantitative estimate of drug-likeness (QED) is 0.300. The third kappa shape index (κ3) is 5.39. The van der Waals surface area contributed by atoms with E-state index in [0.29, 0.717) is 24.3 Å². The monoisotopic (exact) mass is 528 g/mol. The number of benzene rings is 3. The molecule has 0 amide bonds. The number of para-hydroxylation sites is 1. The van der Waals surface area contributed by atoms with Crippen LogP contribution in [0.5, 0.6) is 5.75 Å². The highest BCUT2D eigenvalue weighted by Crippen LogP contribution is 2.37. The summed E-state index contributed by atoms with van der Waals surface area (Å²) in [5, 5.41) is 4.58. The number of aromatic nitrogens is 1. The topological polar surface area (TPSA) is 98.9 Å². The van der Waals surface area contributed by atoms with Crippen LogP contribution in [0.15, 0.2) is 66.7 Å². The van der Waals surface area contributed by atoms with Crippen LogP contribution in [-0.2, 0) is 38.6 Å². The number of ether oxygens (including phenoxy) is 4. The predicted molar refractivity (Wildman–Crippen MR) is 147 cm³/mol. The summed E-state index contributed by atoms with van der Waals surface area (Å²) in [5.41, 5.74) is 6.21. The van der Waals surface area contributed by atoms with E-state index >= 15 is 0 Å². The van der Waals surface area contributed by atoms with Gasteiger partial charge in [-0.05, 0) is 47.9 Å². The summed E-state index contributed by atoms with van der Waals surface area (Å²) in [7, 11) is 3.03. The van der Waals surface area contributed by atoms with Gasteiger partial charge < -0.3 is 23.9 Å². The van der Waals surface area contributed by atoms with Crippen molar-refractivity contribution in [1.29, 1.82) is 0 Å². The Morgan fingerprint density at radius 3 is 2.51 bits per heavy atom. The van der Waals surface area contributed by atoms with E-state index in [9.17, 15) is 9.59 Å². The molecule has 202 valence electrons. The highest BCUT2D eigenvalue weighted by atomic mass is 16.5. The molecular weight excluding hydrogens is 496 g/mol. The molecular formula is C31H32N2O6. The Morgan fingerprint density at radius 1 is 0.949 bits per heavy atom. The zero-order valence-electron chi connectivity index (χ0n) is 22.3. The first-order valence-electron chi connectivity index (χ1n) is 13.0. The van der Waals surface area contributed by atoms with Gasteiger partial charge in [0.2, 0.25) is 0 Å². The van der Waals surface area contributed by atoms with Gasteiger partial charge in [-0.15, -0.1) is 0 Å². The van der Waals surface area contributed by atoms with E-state index < -0.39 is 6.04 Å². The second kappa shape index (κ2) is 11.7. The van der Waals surface area contributed by atoms with E-state index in [2.05, 4.69) is 16.4 Å². The van der Waals surface area contributed by atoms with Gasteiger partial charge in [0.05, 0.1) is 45.6 Å². The number of carbonyl (C=O) groups is 2. The lowest BCUT2D eigenvalue weighted by atomic mass is 9.89. The standard InChI is InChI=1S/C31H32N2O6/c1-4-39-30(34)22-10-6-5-9-20(22)17-38-18-21-15-19(13-14-27(21)36-2)28-29-24(16-26(33-28)31(35)37-3)23-11-7-8-12-25(23)32-29/h5-15,26,28,32-33H,4,16-18H2,1-3H3/t26-,28+/m0/s1. The molecule has 2 N–H and O–H groups in total. The second-order valence-electron chi connectivity index (χ2n) is 9.38. The third-order valence-electron chi connectivity index (χ3n) is 7.06. The van der Waals surface area contributed by atoms with Crippen LogP contribution in [0, 0.1) is 0 Å². The molecule has 39 heavy (non-hydrogen) atoms. The Bertz CT molecular complexity index is 1490. The van der Waals surface area contributed by atoms with Crippen molar-refractivity contribution in [2.75, 3.05) is 20.8 Å². The normalized spacial score (nSPS) is 16.5. The molecule has 3 aromatic carbocycles. The molecule has 0 radical (unpaired) electrons. The van der Waals surface area contributed by atoms with Crippen molar-refractivity contribution >= 4 is 22.8 Å². The molecule has 0 bridgehead atoms. The zero-order chi connectivity index (χ0) is 27.4. The Labute approximate surface area is 227 Å². The minimum absolute atomic E-state index is 0.237. The van der Waals surface area contributed by atoms with Crippen LogP contribution in [0.2, 0.25) is 0 Å². The largest absolute Gasteiger partial charge is 0.496 e. The second-order valence-corrected chi connectivity index (χ2v) is 9.38. The number of hydrogen-bond donors (Lipinski definition) is 2. The van der Waals surface area contributed by atoms with E-state index in [1.807, 2.05) is 48.5 Å². The average molecular weight is 529 g/mol. The maximum absolute atomic E-state index is 12.6. The van der Waals surface area contributed by atoms with E-state index in [1.165, 1.54) is 7.11 Å². The number of H-pyrrole nitrogens is 1. The molecule has 0 aliphatic carbocycles. The molecule has 0 unspecified atom stereocenters. The number of rotatable bonds is 9. The maximum atomic E-state index is 12.6. The SMILES string of the molecule is CCOC(=O)c1ccccc1COCc1cc([C@H]2N[C@H](C(=O)OC)Cc3c2[nH]c2ccccc32)ccc1OC. The van der Waals surface area contributed by atoms with Crippen molar-refractivity contribution in [3.05, 3.63) is 100 Å². The van der Waals surface area contributed by atoms with E-state index in [0.717, 1.165) is 38.9 Å². The fourth-order valence-corrected chi connectivity index (χ4v) is 5.21. The smallest absolute Gasteiger partial charge is 0.338 e. The van der Waals surface area contributed by atoms with Crippen LogP contribution in [0.3, 0.4) is 0 Å². The number of hydrogen-bond acceptors (Lipinski definition) is 7. The van der Waals surface area contributed by atoms with Gasteiger partial charge in [0.1, 0.15) is 11.8 Å². The minimum Gasteiger partial charge on any atom is -0.496 e. The van der Waals surface area contributed by atoms with Gasteiger partial charge in [0.25, 0.3) is 0 Å². The summed E-state index contributed by atoms with van der Waals surface area (Å²) >= 11 is 0. The summed E-state index contributed by atoms with van der Waals surface area (Å²) in [6.45, 7) is 2.59. The molecule has 0 fully saturated rings. The number of aromatic amines is 1. The number of carbonyl (C=O) groups excluding carboxylic acids is 2. The summed E-state index contributed by atoms with van der Waals surface area (Å²) < 4.78 is 22.0. The summed E-state index contributed by atoms with van der Waals surface area (Å²) in [6.07, 6.45) is 0.536. The number of nitrogens with one attached hydrogen (secondary N) is 2. The molecule has 5 rings (SSSR count). The summed E-state index contributed by atoms with van der Waals surface area (Å²) in [5.74, 6) is 0.0249. The lowest BCUT2D eigenvalue weighted by molar-refractivity contribution is -0.143. The van der Waals surface area contributed by atoms with E-state index in [1.54, 1.807) is 26.2 Å². The van der Waals surface area contributed by atoms with Crippen LogP contribution in [-0.4, -0.2) is 43.8 Å². The highest BCUT2D eigenvalue weighted by Gasteiger charge is 2.34. The van der Waals surface area contributed by atoms with Gasteiger partial charge in [-0.1, -0.05) is 42.5 Å². The predicted octanol–water partition coefficient (Wildman–Crippen LogP) is 4.85. The highest BCUT2D eigenvalue weighted by molar-refractivity contribution is 5.91. The number of methoxy groups -OCH3 is 2. The molecule has 4 aromatic rings. The lowest BCUT2D eigenvalue weighted by Crippen LogP contribution is -2.45. The van der Waals surface area contributed by atoms with Crippen molar-refractivity contribution in [2.45, 2.75) is 38.6 Å². The Morgan fingerprint density at radius 2 is 1.72 bits per heavy atom. The molecule has 1 aliphatic heterocycles. The zero-order valence-corrected chi connectivity index (χ0v) is 22.3. The molecule has 0 saturated heterocycles. The first kappa shape index (κ1) is 26.5. The molecule has 1 aliphatic rings. The maximum Gasteiger partial charge on any atom is 0.338 e. The van der Waals surface area contributed by atoms with Crippen LogP contribution < -0.4 is 10.1 Å². The summed E-state index contributed by atoms with van der Waals surface area (Å²) in [6, 6.07) is 20.6. The van der Waals surface area contributed by atoms with Crippen molar-refractivity contribution in [3.8, 4) is 5.75 Å². The lowest BCUT2D eigenvalue weighted by Gasteiger charge is -2.30. The van der Waals surface area contributed by atoms with E-state index in [-0.39, 0.29) is 31.2 Å². The van der Waals surface area contributed by atoms with Gasteiger partial charge in [-0.3, -0.25) is 10.1 Å². The number of esters is 2.